The number of benzene rings is 4. The quantitative estimate of drug-likeness (QED) is 0.216. The second-order valence-corrected chi connectivity index (χ2v) is 15.6. The van der Waals surface area contributed by atoms with Crippen molar-refractivity contribution in [1.29, 1.82) is 0 Å². The Morgan fingerprint density at radius 2 is 1.29 bits per heavy atom. The molecule has 8 rings (SSSR count). The lowest BCUT2D eigenvalue weighted by atomic mass is 9.83. The third-order valence-electron chi connectivity index (χ3n) is 9.41. The Morgan fingerprint density at radius 3 is 1.89 bits per heavy atom. The largest absolute Gasteiger partial charge is 0.416 e. The van der Waals surface area contributed by atoms with E-state index in [1.54, 1.807) is 6.07 Å². The van der Waals surface area contributed by atoms with Crippen molar-refractivity contribution in [3.05, 3.63) is 155 Å². The molecule has 6 heteroatoms. The zero-order valence-corrected chi connectivity index (χ0v) is 26.2. The van der Waals surface area contributed by atoms with Crippen LogP contribution >= 0.6 is 7.26 Å². The molecule has 2 aliphatic heterocycles. The predicted octanol–water partition coefficient (Wildman–Crippen LogP) is 6.05. The maximum absolute atomic E-state index is 12.8. The third kappa shape index (κ3) is 4.74. The topological polar surface area (TPSA) is 51.3 Å². The summed E-state index contributed by atoms with van der Waals surface area (Å²) in [5, 5.41) is 3.71. The van der Waals surface area contributed by atoms with Crippen molar-refractivity contribution >= 4 is 34.5 Å². The third-order valence-corrected chi connectivity index (χ3v) is 13.6. The maximum Gasteiger partial charge on any atom is 0.262 e. The number of fused-ring (bicyclic) bond motifs is 4. The number of pyridine rings is 1. The summed E-state index contributed by atoms with van der Waals surface area (Å²) < 4.78 is 8.99. The van der Waals surface area contributed by atoms with Crippen molar-refractivity contribution in [2.45, 2.75) is 25.8 Å². The molecule has 6 aromatic rings. The van der Waals surface area contributed by atoms with Crippen LogP contribution in [0.15, 0.2) is 143 Å². The van der Waals surface area contributed by atoms with Crippen LogP contribution in [-0.2, 0) is 6.54 Å². The normalized spacial score (nSPS) is 17.6. The second kappa shape index (κ2) is 11.3. The zero-order chi connectivity index (χ0) is 30.4. The Kier molecular flexibility index (Phi) is 6.99. The number of hydrogen-bond acceptors (Lipinski definition) is 4. The lowest BCUT2D eigenvalue weighted by Gasteiger charge is -2.42. The van der Waals surface area contributed by atoms with Gasteiger partial charge in [-0.1, -0.05) is 78.4 Å². The molecule has 4 heterocycles. The highest BCUT2D eigenvalue weighted by Crippen LogP contribution is 2.56. The summed E-state index contributed by atoms with van der Waals surface area (Å²) in [5.74, 6) is 2.07. The van der Waals surface area contributed by atoms with Crippen LogP contribution in [0, 0.1) is 12.8 Å². The van der Waals surface area contributed by atoms with Gasteiger partial charge in [-0.25, -0.2) is 0 Å². The molecule has 0 spiro atoms. The van der Waals surface area contributed by atoms with Gasteiger partial charge in [0.05, 0.1) is 0 Å². The number of anilines is 1. The van der Waals surface area contributed by atoms with Gasteiger partial charge in [0.2, 0.25) is 5.89 Å². The first kappa shape index (κ1) is 27.8. The van der Waals surface area contributed by atoms with Crippen molar-refractivity contribution in [1.82, 2.24) is 9.55 Å². The molecule has 0 amide bonds. The molecule has 4 aromatic carbocycles. The Bertz CT molecular complexity index is 1910. The van der Waals surface area contributed by atoms with Crippen LogP contribution in [-0.4, -0.2) is 22.6 Å². The molecule has 1 saturated heterocycles. The van der Waals surface area contributed by atoms with E-state index in [0.29, 0.717) is 11.8 Å². The summed E-state index contributed by atoms with van der Waals surface area (Å²) in [6.45, 7) is 4.41. The zero-order valence-electron chi connectivity index (χ0n) is 25.3. The molecule has 2 bridgehead atoms. The molecule has 0 N–H and O–H groups in total. The van der Waals surface area contributed by atoms with Gasteiger partial charge >= 0.3 is 0 Å². The molecular weight excluding hydrogens is 573 g/mol. The van der Waals surface area contributed by atoms with Crippen LogP contribution in [0.5, 0.6) is 0 Å². The van der Waals surface area contributed by atoms with Gasteiger partial charge in [-0.05, 0) is 73.9 Å². The van der Waals surface area contributed by atoms with Gasteiger partial charge < -0.3 is 13.9 Å². The van der Waals surface area contributed by atoms with Crippen LogP contribution in [0.2, 0.25) is 0 Å². The summed E-state index contributed by atoms with van der Waals surface area (Å²) >= 11 is 0. The van der Waals surface area contributed by atoms with Crippen molar-refractivity contribution in [2.24, 2.45) is 5.92 Å². The van der Waals surface area contributed by atoms with Gasteiger partial charge in [0.1, 0.15) is 15.9 Å². The molecule has 2 aromatic heterocycles. The summed E-state index contributed by atoms with van der Waals surface area (Å²) in [6.07, 6.45) is 1.07. The molecule has 45 heavy (non-hydrogen) atoms. The smallest absolute Gasteiger partial charge is 0.262 e. The number of oxazole rings is 1. The first-order chi connectivity index (χ1) is 22.1. The summed E-state index contributed by atoms with van der Waals surface area (Å²) in [4.78, 5) is 20.8. The number of hydrogen-bond donors (Lipinski definition) is 0. The predicted molar refractivity (Wildman–Crippen MR) is 185 cm³/mol. The van der Waals surface area contributed by atoms with Crippen molar-refractivity contribution in [3.63, 3.8) is 0 Å². The first-order valence-electron chi connectivity index (χ1n) is 15.7. The molecule has 0 radical (unpaired) electrons. The standard InChI is InChI=1S/C39H35N3O2P/c1-28-20-22-30(23-21-28)37-40-38(39(44-37)41-25-29-24-31(27-41)35-18-11-19-36(43)42(35)26-29)45(32-12-5-2-6-13-32,33-14-7-3-8-15-33)34-16-9-4-10-17-34/h2-23,29,31H,24-27H2,1H3/q+1/t29-,31+/m0/s1. The number of rotatable bonds is 6. The minimum absolute atomic E-state index is 0.0971. The molecule has 0 aliphatic carbocycles. The Morgan fingerprint density at radius 1 is 0.689 bits per heavy atom. The fraction of sp³-hybridized carbons (Fsp3) is 0.179. The van der Waals surface area contributed by atoms with Gasteiger partial charge in [-0.15, -0.1) is 0 Å². The highest BCUT2D eigenvalue weighted by Gasteiger charge is 2.54. The summed E-state index contributed by atoms with van der Waals surface area (Å²) in [7, 11) is -2.52. The highest BCUT2D eigenvalue weighted by molar-refractivity contribution is 8.01. The van der Waals surface area contributed by atoms with E-state index in [-0.39, 0.29) is 11.5 Å². The summed E-state index contributed by atoms with van der Waals surface area (Å²) in [5.41, 5.74) is 4.38. The lowest BCUT2D eigenvalue weighted by Crippen LogP contribution is -2.49. The van der Waals surface area contributed by atoms with E-state index < -0.39 is 7.26 Å². The van der Waals surface area contributed by atoms with Crippen LogP contribution in [0.3, 0.4) is 0 Å². The highest BCUT2D eigenvalue weighted by atomic mass is 31.2. The number of nitrogens with zero attached hydrogens (tertiary/aromatic N) is 3. The van der Waals surface area contributed by atoms with Crippen molar-refractivity contribution in [2.75, 3.05) is 18.0 Å². The van der Waals surface area contributed by atoms with E-state index in [2.05, 4.69) is 133 Å². The SMILES string of the molecule is Cc1ccc(-c2nc([P+](c3ccccc3)(c3ccccc3)c3ccccc3)c(N3C[C@@H]4C[C@H](C3)c3cccc(=O)n3C4)o2)cc1. The maximum atomic E-state index is 12.8. The second-order valence-electron chi connectivity index (χ2n) is 12.3. The summed E-state index contributed by atoms with van der Waals surface area (Å²) in [6, 6.07) is 46.8. The van der Waals surface area contributed by atoms with Gasteiger partial charge in [-0.2, -0.15) is 4.98 Å². The number of piperidine rings is 1. The van der Waals surface area contributed by atoms with Gasteiger partial charge in [0, 0.05) is 42.9 Å². The van der Waals surface area contributed by atoms with Crippen LogP contribution in [0.1, 0.15) is 23.6 Å². The van der Waals surface area contributed by atoms with E-state index in [0.717, 1.165) is 48.6 Å². The average Bonchev–Trinajstić information content (AvgIpc) is 3.53. The molecule has 0 saturated carbocycles. The van der Waals surface area contributed by atoms with E-state index in [4.69, 9.17) is 9.40 Å². The molecule has 2 aliphatic rings. The fourth-order valence-corrected chi connectivity index (χ4v) is 11.6. The van der Waals surface area contributed by atoms with Crippen molar-refractivity contribution in [3.8, 4) is 11.5 Å². The average molecular weight is 609 g/mol. The van der Waals surface area contributed by atoms with Crippen LogP contribution in [0.4, 0.5) is 5.88 Å². The number of aryl methyl sites for hydroxylation is 1. The molecule has 222 valence electrons. The van der Waals surface area contributed by atoms with Crippen molar-refractivity contribution < 1.29 is 4.42 Å². The fourth-order valence-electron chi connectivity index (χ4n) is 7.38. The van der Waals surface area contributed by atoms with Gasteiger partial charge in [0.25, 0.3) is 16.9 Å². The Balaban J connectivity index is 1.39. The molecule has 5 nitrogen and oxygen atoms in total. The molecular formula is C39H35N3O2P+. The van der Waals surface area contributed by atoms with E-state index in [1.165, 1.54) is 21.5 Å². The van der Waals surface area contributed by atoms with Gasteiger partial charge in [0.15, 0.2) is 7.26 Å². The molecule has 0 unspecified atom stereocenters. The number of aromatic nitrogens is 2. The molecule has 1 fully saturated rings. The monoisotopic (exact) mass is 608 g/mol. The first-order valence-corrected chi connectivity index (χ1v) is 17.5. The van der Waals surface area contributed by atoms with E-state index >= 15 is 0 Å². The minimum atomic E-state index is -2.52. The Labute approximate surface area is 264 Å². The lowest BCUT2D eigenvalue weighted by molar-refractivity contribution is 0.275. The van der Waals surface area contributed by atoms with Crippen LogP contribution < -0.4 is 31.8 Å². The van der Waals surface area contributed by atoms with Crippen LogP contribution in [0.25, 0.3) is 11.5 Å². The van der Waals surface area contributed by atoms with E-state index in [1.807, 2.05) is 10.6 Å². The van der Waals surface area contributed by atoms with E-state index in [9.17, 15) is 4.79 Å². The Hall–Kier alpha value is -4.73. The minimum Gasteiger partial charge on any atom is -0.416 e. The molecule has 2 atom stereocenters. The van der Waals surface area contributed by atoms with Gasteiger partial charge in [-0.3, -0.25) is 4.79 Å².